The molecule has 3 heterocycles. The Labute approximate surface area is 153 Å². The molecule has 0 amide bonds. The third-order valence-electron chi connectivity index (χ3n) is 3.56. The quantitative estimate of drug-likeness (QED) is 0.306. The van der Waals surface area contributed by atoms with Crippen LogP contribution in [0, 0.1) is 0 Å². The smallest absolute Gasteiger partial charge is 0.217 e. The van der Waals surface area contributed by atoms with Crippen LogP contribution in [0.4, 0.5) is 0 Å². The molecule has 3 aromatic heterocycles. The fraction of sp³-hybridized carbons (Fsp3) is 0.0625. The van der Waals surface area contributed by atoms with Crippen molar-refractivity contribution in [3.63, 3.8) is 0 Å². The molecule has 0 atom stereocenters. The van der Waals surface area contributed by atoms with Crippen molar-refractivity contribution in [3.8, 4) is 0 Å². The molecule has 0 radical (unpaired) electrons. The van der Waals surface area contributed by atoms with Gasteiger partial charge in [0, 0.05) is 0 Å². The molecule has 0 fully saturated rings. The van der Waals surface area contributed by atoms with E-state index in [4.69, 9.17) is 0 Å². The number of thiazole rings is 2. The molecule has 4 nitrogen and oxygen atoms in total. The molecule has 0 saturated carbocycles. The van der Waals surface area contributed by atoms with E-state index in [1.165, 1.54) is 14.9 Å². The van der Waals surface area contributed by atoms with Gasteiger partial charge in [-0.05, 0) is 24.3 Å². The molecule has 2 aromatic carbocycles. The standard InChI is InChI=1S/C16H10N4S4/c1-3-7-12-10(5-1)17-16(24-12)22-9-21-14-18-19-15-20(14)11-6-2-4-8-13(11)23-15/h1-8H,9H2. The van der Waals surface area contributed by atoms with E-state index in [1.54, 1.807) is 46.2 Å². The minimum atomic E-state index is 0.866. The Balaban J connectivity index is 1.39. The summed E-state index contributed by atoms with van der Waals surface area (Å²) in [5, 5.41) is 10.4. The van der Waals surface area contributed by atoms with Crippen LogP contribution in [0.15, 0.2) is 58.0 Å². The first kappa shape index (κ1) is 14.7. The minimum absolute atomic E-state index is 0.866. The van der Waals surface area contributed by atoms with Gasteiger partial charge in [-0.15, -0.1) is 21.5 Å². The Morgan fingerprint density at radius 1 is 0.875 bits per heavy atom. The molecule has 118 valence electrons. The minimum Gasteiger partial charge on any atom is -0.260 e. The summed E-state index contributed by atoms with van der Waals surface area (Å²) in [5.41, 5.74) is 2.25. The maximum absolute atomic E-state index is 4.66. The second-order valence-corrected chi connectivity index (χ2v) is 9.59. The van der Waals surface area contributed by atoms with Crippen LogP contribution in [0.3, 0.4) is 0 Å². The molecule has 24 heavy (non-hydrogen) atoms. The number of thioether (sulfide) groups is 2. The zero-order chi connectivity index (χ0) is 15.9. The Morgan fingerprint density at radius 3 is 2.62 bits per heavy atom. The number of para-hydroxylation sites is 2. The van der Waals surface area contributed by atoms with E-state index in [9.17, 15) is 0 Å². The Bertz CT molecular complexity index is 1120. The lowest BCUT2D eigenvalue weighted by molar-refractivity contribution is 0.943. The molecule has 5 rings (SSSR count). The molecule has 0 aliphatic carbocycles. The summed E-state index contributed by atoms with van der Waals surface area (Å²) < 4.78 is 5.71. The van der Waals surface area contributed by atoms with Gasteiger partial charge in [0.05, 0.1) is 25.5 Å². The van der Waals surface area contributed by atoms with Crippen LogP contribution in [0.1, 0.15) is 0 Å². The SMILES string of the molecule is c1ccc2sc(SCSc3nnc4sc5ccccc5n34)nc2c1. The van der Waals surface area contributed by atoms with Crippen LogP contribution in [-0.2, 0) is 0 Å². The Hall–Kier alpha value is -1.61. The van der Waals surface area contributed by atoms with Crippen LogP contribution in [-0.4, -0.2) is 24.7 Å². The molecule has 5 aromatic rings. The highest BCUT2D eigenvalue weighted by Gasteiger charge is 2.13. The highest BCUT2D eigenvalue weighted by atomic mass is 32.2. The summed E-state index contributed by atoms with van der Waals surface area (Å²) in [6.07, 6.45) is 0. The number of rotatable bonds is 4. The van der Waals surface area contributed by atoms with E-state index in [0.29, 0.717) is 0 Å². The van der Waals surface area contributed by atoms with Gasteiger partial charge >= 0.3 is 0 Å². The number of nitrogens with zero attached hydrogens (tertiary/aromatic N) is 4. The Morgan fingerprint density at radius 2 is 1.71 bits per heavy atom. The van der Waals surface area contributed by atoms with E-state index < -0.39 is 0 Å². The highest BCUT2D eigenvalue weighted by Crippen LogP contribution is 2.34. The second kappa shape index (κ2) is 6.03. The van der Waals surface area contributed by atoms with E-state index in [2.05, 4.69) is 62.0 Å². The summed E-state index contributed by atoms with van der Waals surface area (Å²) >= 11 is 6.87. The van der Waals surface area contributed by atoms with Crippen LogP contribution in [0.25, 0.3) is 25.4 Å². The number of benzene rings is 2. The van der Waals surface area contributed by atoms with Crippen LogP contribution in [0.5, 0.6) is 0 Å². The van der Waals surface area contributed by atoms with Crippen molar-refractivity contribution in [2.24, 2.45) is 0 Å². The van der Waals surface area contributed by atoms with Gasteiger partial charge in [0.2, 0.25) is 4.96 Å². The van der Waals surface area contributed by atoms with Crippen molar-refractivity contribution in [2.75, 3.05) is 5.08 Å². The lowest BCUT2D eigenvalue weighted by Crippen LogP contribution is -1.85. The average Bonchev–Trinajstić information content (AvgIpc) is 3.28. The maximum Gasteiger partial charge on any atom is 0.217 e. The number of fused-ring (bicyclic) bond motifs is 4. The monoisotopic (exact) mass is 386 g/mol. The van der Waals surface area contributed by atoms with Gasteiger partial charge < -0.3 is 0 Å². The predicted octanol–water partition coefficient (Wildman–Crippen LogP) is 5.40. The van der Waals surface area contributed by atoms with Gasteiger partial charge in [-0.2, -0.15) is 0 Å². The summed E-state index contributed by atoms with van der Waals surface area (Å²) in [6.45, 7) is 0. The molecular formula is C16H10N4S4. The number of hydrogen-bond donors (Lipinski definition) is 0. The zero-order valence-corrected chi connectivity index (χ0v) is 15.5. The first-order chi connectivity index (χ1) is 11.9. The zero-order valence-electron chi connectivity index (χ0n) is 12.2. The second-order valence-electron chi connectivity index (χ2n) is 5.02. The number of aromatic nitrogens is 4. The Kier molecular flexibility index (Phi) is 3.70. The van der Waals surface area contributed by atoms with Gasteiger partial charge in [-0.1, -0.05) is 59.1 Å². The van der Waals surface area contributed by atoms with E-state index in [0.717, 1.165) is 25.1 Å². The van der Waals surface area contributed by atoms with Gasteiger partial charge in [-0.3, -0.25) is 4.40 Å². The van der Waals surface area contributed by atoms with Crippen LogP contribution >= 0.6 is 46.2 Å². The van der Waals surface area contributed by atoms with Crippen molar-refractivity contribution in [2.45, 2.75) is 9.50 Å². The van der Waals surface area contributed by atoms with Crippen LogP contribution in [0.2, 0.25) is 0 Å². The molecule has 8 heteroatoms. The maximum atomic E-state index is 4.66. The lowest BCUT2D eigenvalue weighted by Gasteiger charge is -1.97. The van der Waals surface area contributed by atoms with E-state index in [-0.39, 0.29) is 0 Å². The first-order valence-electron chi connectivity index (χ1n) is 7.22. The van der Waals surface area contributed by atoms with Gasteiger partial charge in [0.25, 0.3) is 0 Å². The fourth-order valence-corrected chi connectivity index (χ4v) is 6.79. The van der Waals surface area contributed by atoms with Gasteiger partial charge in [0.1, 0.15) is 0 Å². The fourth-order valence-electron chi connectivity index (χ4n) is 2.49. The van der Waals surface area contributed by atoms with E-state index >= 15 is 0 Å². The van der Waals surface area contributed by atoms with Crippen molar-refractivity contribution in [1.29, 1.82) is 0 Å². The molecule has 0 aliphatic rings. The van der Waals surface area contributed by atoms with Crippen molar-refractivity contribution in [1.82, 2.24) is 19.6 Å². The molecule has 0 aliphatic heterocycles. The normalized spacial score (nSPS) is 11.8. The molecule has 0 saturated heterocycles. The van der Waals surface area contributed by atoms with Crippen molar-refractivity contribution >= 4 is 71.6 Å². The van der Waals surface area contributed by atoms with Gasteiger partial charge in [-0.25, -0.2) is 4.98 Å². The third kappa shape index (κ3) is 2.50. The number of hydrogen-bond acceptors (Lipinski definition) is 7. The highest BCUT2D eigenvalue weighted by molar-refractivity contribution is 8.16. The summed E-state index contributed by atoms with van der Waals surface area (Å²) in [6, 6.07) is 16.6. The molecular weight excluding hydrogens is 376 g/mol. The summed E-state index contributed by atoms with van der Waals surface area (Å²) in [4.78, 5) is 5.61. The lowest BCUT2D eigenvalue weighted by atomic mass is 10.3. The van der Waals surface area contributed by atoms with Crippen LogP contribution < -0.4 is 0 Å². The van der Waals surface area contributed by atoms with E-state index in [1.807, 2.05) is 6.07 Å². The van der Waals surface area contributed by atoms with Crippen molar-refractivity contribution < 1.29 is 0 Å². The molecule has 0 bridgehead atoms. The third-order valence-corrected chi connectivity index (χ3v) is 7.81. The molecule has 0 N–H and O–H groups in total. The summed E-state index contributed by atoms with van der Waals surface area (Å²) in [5.74, 6) is 0. The van der Waals surface area contributed by atoms with Gasteiger partial charge in [0.15, 0.2) is 9.50 Å². The van der Waals surface area contributed by atoms with Crippen molar-refractivity contribution in [3.05, 3.63) is 48.5 Å². The topological polar surface area (TPSA) is 43.1 Å². The average molecular weight is 387 g/mol. The molecule has 0 unspecified atom stereocenters. The largest absolute Gasteiger partial charge is 0.260 e. The first-order valence-corrected chi connectivity index (χ1v) is 10.8. The summed E-state index contributed by atoms with van der Waals surface area (Å²) in [7, 11) is 0. The predicted molar refractivity (Wildman–Crippen MR) is 105 cm³/mol. The molecule has 0 spiro atoms.